The van der Waals surface area contributed by atoms with E-state index in [4.69, 9.17) is 23.2 Å². The summed E-state index contributed by atoms with van der Waals surface area (Å²) >= 11 is 11.8. The molecule has 80 valence electrons. The number of hydrogen-bond acceptors (Lipinski definition) is 1. The molecule has 0 radical (unpaired) electrons. The number of Topliss-reactive ketones (excluding diaryl/α,β-unsaturated/α-hetero) is 1. The molecule has 0 aliphatic heterocycles. The predicted molar refractivity (Wildman–Crippen MR) is 64.8 cm³/mol. The molecule has 0 saturated carbocycles. The Morgan fingerprint density at radius 2 is 2.07 bits per heavy atom. The van der Waals surface area contributed by atoms with Crippen LogP contribution in [0.3, 0.4) is 0 Å². The van der Waals surface area contributed by atoms with E-state index in [0.717, 1.165) is 12.0 Å². The minimum Gasteiger partial charge on any atom is -0.294 e. The molecular formula is C12H12Cl2O. The van der Waals surface area contributed by atoms with Gasteiger partial charge in [-0.3, -0.25) is 4.79 Å². The van der Waals surface area contributed by atoms with Gasteiger partial charge in [0.25, 0.3) is 0 Å². The fraction of sp³-hybridized carbons (Fsp3) is 0.250. The fourth-order valence-corrected chi connectivity index (χ4v) is 1.57. The van der Waals surface area contributed by atoms with Crippen LogP contribution in [0.15, 0.2) is 30.4 Å². The van der Waals surface area contributed by atoms with Crippen LogP contribution in [0.5, 0.6) is 0 Å². The van der Waals surface area contributed by atoms with E-state index in [1.807, 2.05) is 6.92 Å². The van der Waals surface area contributed by atoms with Crippen LogP contribution in [-0.4, -0.2) is 5.78 Å². The number of carbonyl (C=O) groups is 1. The smallest absolute Gasteiger partial charge is 0.168 e. The van der Waals surface area contributed by atoms with Gasteiger partial charge < -0.3 is 0 Å². The van der Waals surface area contributed by atoms with Crippen molar-refractivity contribution in [3.8, 4) is 0 Å². The highest BCUT2D eigenvalue weighted by molar-refractivity contribution is 6.43. The van der Waals surface area contributed by atoms with Crippen molar-refractivity contribution < 1.29 is 4.79 Å². The first-order valence-electron chi connectivity index (χ1n) is 4.70. The molecule has 0 saturated heterocycles. The van der Waals surface area contributed by atoms with Crippen molar-refractivity contribution in [2.75, 3.05) is 0 Å². The molecule has 1 aromatic carbocycles. The van der Waals surface area contributed by atoms with Crippen molar-refractivity contribution in [1.29, 1.82) is 0 Å². The number of rotatable bonds is 4. The minimum absolute atomic E-state index is 0.0330. The SMILES string of the molecule is C=C(CC)CC(=O)c1cccc(Cl)c1Cl. The molecule has 0 N–H and O–H groups in total. The Morgan fingerprint density at radius 3 is 2.67 bits per heavy atom. The summed E-state index contributed by atoms with van der Waals surface area (Å²) in [6, 6.07) is 5.06. The highest BCUT2D eigenvalue weighted by atomic mass is 35.5. The Kier molecular flexibility index (Phi) is 4.37. The van der Waals surface area contributed by atoms with Gasteiger partial charge in [0.15, 0.2) is 5.78 Å². The second kappa shape index (κ2) is 5.34. The molecular weight excluding hydrogens is 231 g/mol. The number of allylic oxidation sites excluding steroid dienone is 1. The molecule has 1 rings (SSSR count). The molecule has 0 aromatic heterocycles. The van der Waals surface area contributed by atoms with E-state index in [2.05, 4.69) is 6.58 Å². The zero-order valence-electron chi connectivity index (χ0n) is 8.52. The summed E-state index contributed by atoms with van der Waals surface area (Å²) in [5, 5.41) is 0.734. The molecule has 1 nitrogen and oxygen atoms in total. The fourth-order valence-electron chi connectivity index (χ4n) is 1.17. The number of halogens is 2. The average molecular weight is 243 g/mol. The molecule has 0 fully saturated rings. The zero-order chi connectivity index (χ0) is 11.4. The van der Waals surface area contributed by atoms with Crippen molar-refractivity contribution >= 4 is 29.0 Å². The van der Waals surface area contributed by atoms with Crippen LogP contribution >= 0.6 is 23.2 Å². The molecule has 0 unspecified atom stereocenters. The predicted octanol–water partition coefficient (Wildman–Crippen LogP) is 4.53. The third-order valence-electron chi connectivity index (χ3n) is 2.16. The summed E-state index contributed by atoms with van der Waals surface area (Å²) in [7, 11) is 0. The van der Waals surface area contributed by atoms with Gasteiger partial charge in [0.2, 0.25) is 0 Å². The highest BCUT2D eigenvalue weighted by Crippen LogP contribution is 2.27. The van der Waals surface area contributed by atoms with Crippen molar-refractivity contribution in [2.45, 2.75) is 19.8 Å². The lowest BCUT2D eigenvalue weighted by Crippen LogP contribution is -2.01. The van der Waals surface area contributed by atoms with Crippen LogP contribution in [0.4, 0.5) is 0 Å². The van der Waals surface area contributed by atoms with Crippen LogP contribution in [0, 0.1) is 0 Å². The molecule has 0 atom stereocenters. The van der Waals surface area contributed by atoms with E-state index in [-0.39, 0.29) is 5.78 Å². The Labute approximate surface area is 99.7 Å². The topological polar surface area (TPSA) is 17.1 Å². The largest absolute Gasteiger partial charge is 0.294 e. The average Bonchev–Trinajstić information content (AvgIpc) is 2.21. The molecule has 0 amide bonds. The first kappa shape index (κ1) is 12.3. The van der Waals surface area contributed by atoms with Gasteiger partial charge in [0, 0.05) is 12.0 Å². The van der Waals surface area contributed by atoms with Crippen LogP contribution in [0.2, 0.25) is 10.0 Å². The third-order valence-corrected chi connectivity index (χ3v) is 2.98. The van der Waals surface area contributed by atoms with E-state index in [1.54, 1.807) is 18.2 Å². The van der Waals surface area contributed by atoms with Gasteiger partial charge in [0.05, 0.1) is 10.0 Å². The standard InChI is InChI=1S/C12H12Cl2O/c1-3-8(2)7-11(15)9-5-4-6-10(13)12(9)14/h4-6H,2-3,7H2,1H3. The van der Waals surface area contributed by atoms with Crippen LogP contribution in [-0.2, 0) is 0 Å². The molecule has 1 aromatic rings. The van der Waals surface area contributed by atoms with Gasteiger partial charge >= 0.3 is 0 Å². The first-order chi connectivity index (χ1) is 7.06. The summed E-state index contributed by atoms with van der Waals surface area (Å²) in [6.07, 6.45) is 1.13. The van der Waals surface area contributed by atoms with Crippen LogP contribution in [0.1, 0.15) is 30.1 Å². The van der Waals surface area contributed by atoms with E-state index in [9.17, 15) is 4.79 Å². The summed E-state index contributed by atoms with van der Waals surface area (Å²) < 4.78 is 0. The van der Waals surface area contributed by atoms with Gasteiger partial charge in [-0.05, 0) is 18.6 Å². The van der Waals surface area contributed by atoms with Crippen molar-refractivity contribution in [2.24, 2.45) is 0 Å². The molecule has 0 bridgehead atoms. The second-order valence-corrected chi connectivity index (χ2v) is 4.09. The third kappa shape index (κ3) is 3.08. The molecule has 3 heteroatoms. The number of benzene rings is 1. The van der Waals surface area contributed by atoms with Gasteiger partial charge in [-0.1, -0.05) is 48.3 Å². The summed E-state index contributed by atoms with van der Waals surface area (Å²) in [4.78, 5) is 11.8. The number of ketones is 1. The second-order valence-electron chi connectivity index (χ2n) is 3.30. The van der Waals surface area contributed by atoms with Gasteiger partial charge in [-0.15, -0.1) is 0 Å². The highest BCUT2D eigenvalue weighted by Gasteiger charge is 2.12. The maximum atomic E-state index is 11.8. The quantitative estimate of drug-likeness (QED) is 0.560. The lowest BCUT2D eigenvalue weighted by Gasteiger charge is -2.05. The Morgan fingerprint density at radius 1 is 1.40 bits per heavy atom. The first-order valence-corrected chi connectivity index (χ1v) is 5.45. The molecule has 0 spiro atoms. The van der Waals surface area contributed by atoms with E-state index in [1.165, 1.54) is 0 Å². The normalized spacial score (nSPS) is 10.1. The maximum Gasteiger partial charge on any atom is 0.168 e. The van der Waals surface area contributed by atoms with E-state index in [0.29, 0.717) is 22.0 Å². The maximum absolute atomic E-state index is 11.8. The minimum atomic E-state index is -0.0330. The Balaban J connectivity index is 2.92. The number of hydrogen-bond donors (Lipinski definition) is 0. The van der Waals surface area contributed by atoms with Gasteiger partial charge in [-0.2, -0.15) is 0 Å². The van der Waals surface area contributed by atoms with Crippen LogP contribution < -0.4 is 0 Å². The Bertz CT molecular complexity index is 397. The van der Waals surface area contributed by atoms with Crippen LogP contribution in [0.25, 0.3) is 0 Å². The van der Waals surface area contributed by atoms with Gasteiger partial charge in [0.1, 0.15) is 0 Å². The molecule has 0 aliphatic carbocycles. The van der Waals surface area contributed by atoms with E-state index >= 15 is 0 Å². The number of carbonyl (C=O) groups excluding carboxylic acids is 1. The lowest BCUT2D eigenvalue weighted by molar-refractivity contribution is 0.0992. The summed E-state index contributed by atoms with van der Waals surface area (Å²) in [5.41, 5.74) is 1.37. The van der Waals surface area contributed by atoms with Crippen molar-refractivity contribution in [3.05, 3.63) is 46.0 Å². The monoisotopic (exact) mass is 242 g/mol. The molecule has 15 heavy (non-hydrogen) atoms. The van der Waals surface area contributed by atoms with Crippen molar-refractivity contribution in [1.82, 2.24) is 0 Å². The summed E-state index contributed by atoms with van der Waals surface area (Å²) in [6.45, 7) is 5.76. The lowest BCUT2D eigenvalue weighted by atomic mass is 10.0. The summed E-state index contributed by atoms with van der Waals surface area (Å²) in [5.74, 6) is -0.0330. The molecule has 0 aliphatic rings. The van der Waals surface area contributed by atoms with Crippen molar-refractivity contribution in [3.63, 3.8) is 0 Å². The van der Waals surface area contributed by atoms with E-state index < -0.39 is 0 Å². The van der Waals surface area contributed by atoms with Gasteiger partial charge in [-0.25, -0.2) is 0 Å². The molecule has 0 heterocycles. The Hall–Kier alpha value is -0.790. The zero-order valence-corrected chi connectivity index (χ0v) is 10.0.